The molecule has 7 heteroatoms. The molecule has 2 aromatic rings. The lowest BCUT2D eigenvalue weighted by Gasteiger charge is -2.22. The van der Waals surface area contributed by atoms with Gasteiger partial charge in [0.1, 0.15) is 5.78 Å². The van der Waals surface area contributed by atoms with Crippen molar-refractivity contribution in [2.24, 2.45) is 17.3 Å². The average molecular weight is 547 g/mol. The van der Waals surface area contributed by atoms with Crippen LogP contribution in [0.2, 0.25) is 5.02 Å². The van der Waals surface area contributed by atoms with Crippen molar-refractivity contribution in [2.75, 3.05) is 0 Å². The van der Waals surface area contributed by atoms with Gasteiger partial charge < -0.3 is 14.9 Å². The number of ketones is 1. The van der Waals surface area contributed by atoms with Gasteiger partial charge in [0.25, 0.3) is 0 Å². The molecule has 0 aliphatic heterocycles. The maximum absolute atomic E-state index is 13.1. The first kappa shape index (κ1) is 29.6. The number of ether oxygens (including phenoxy) is 1. The number of esters is 1. The second-order valence-electron chi connectivity index (χ2n) is 10.7. The Morgan fingerprint density at radius 2 is 1.97 bits per heavy atom. The van der Waals surface area contributed by atoms with Crippen LogP contribution >= 0.6 is 22.9 Å². The molecule has 1 heterocycles. The number of thiophene rings is 1. The molecule has 2 N–H and O–H groups in total. The summed E-state index contributed by atoms with van der Waals surface area (Å²) in [5.74, 6) is -0.882. The first-order valence-electron chi connectivity index (χ1n) is 13.1. The molecular weight excluding hydrogens is 508 g/mol. The van der Waals surface area contributed by atoms with Crippen LogP contribution in [0, 0.1) is 17.3 Å². The third kappa shape index (κ3) is 7.53. The Morgan fingerprint density at radius 3 is 2.68 bits per heavy atom. The van der Waals surface area contributed by atoms with Gasteiger partial charge in [-0.3, -0.25) is 9.59 Å². The predicted molar refractivity (Wildman–Crippen MR) is 151 cm³/mol. The number of carbonyl (C=O) groups excluding carboxylic acids is 2. The van der Waals surface area contributed by atoms with E-state index in [1.54, 1.807) is 31.3 Å². The second-order valence-corrected chi connectivity index (χ2v) is 12.2. The molecule has 0 amide bonds. The zero-order chi connectivity index (χ0) is 27.2. The van der Waals surface area contributed by atoms with Gasteiger partial charge in [0.05, 0.1) is 28.7 Å². The number of halogens is 1. The van der Waals surface area contributed by atoms with Crippen molar-refractivity contribution in [3.63, 3.8) is 0 Å². The topological polar surface area (TPSA) is 83.8 Å². The number of allylic oxidation sites excluding steroid dienone is 2. The molecule has 1 saturated carbocycles. The predicted octanol–water partition coefficient (Wildman–Crippen LogP) is 6.67. The quantitative estimate of drug-likeness (QED) is 0.176. The third-order valence-corrected chi connectivity index (χ3v) is 8.81. The summed E-state index contributed by atoms with van der Waals surface area (Å²) in [6.45, 7) is 7.23. The lowest BCUT2D eigenvalue weighted by molar-refractivity contribution is -0.147. The maximum atomic E-state index is 13.1. The van der Waals surface area contributed by atoms with Crippen LogP contribution in [0.4, 0.5) is 0 Å². The molecule has 37 heavy (non-hydrogen) atoms. The number of carbonyl (C=O) groups is 2. The molecule has 1 aliphatic rings. The molecule has 5 nitrogen and oxygen atoms in total. The summed E-state index contributed by atoms with van der Waals surface area (Å²) in [4.78, 5) is 25.8. The van der Waals surface area contributed by atoms with Crippen LogP contribution in [0.3, 0.4) is 0 Å². The molecule has 4 atom stereocenters. The summed E-state index contributed by atoms with van der Waals surface area (Å²) < 4.78 is 6.27. The van der Waals surface area contributed by atoms with Crippen LogP contribution in [0.1, 0.15) is 64.7 Å². The minimum Gasteiger partial charge on any atom is -0.463 e. The van der Waals surface area contributed by atoms with Gasteiger partial charge in [0.2, 0.25) is 0 Å². The number of aliphatic hydroxyl groups is 2. The highest BCUT2D eigenvalue weighted by Gasteiger charge is 2.52. The van der Waals surface area contributed by atoms with E-state index in [9.17, 15) is 19.8 Å². The number of fused-ring (bicyclic) bond motifs is 1. The second kappa shape index (κ2) is 13.2. The number of unbranched alkanes of at least 4 members (excludes halogenated alkanes) is 1. The zero-order valence-electron chi connectivity index (χ0n) is 22.2. The van der Waals surface area contributed by atoms with Gasteiger partial charge in [-0.25, -0.2) is 0 Å². The number of aliphatic hydroxyl groups excluding tert-OH is 2. The van der Waals surface area contributed by atoms with E-state index in [0.29, 0.717) is 32.1 Å². The van der Waals surface area contributed by atoms with E-state index in [0.717, 1.165) is 26.4 Å². The standard InChI is InChI=1S/C30H39ClO5S/c1-19(2)36-26(33)14-8-6-5-7-11-21-22(29(35)30(3,4)28(21)34)17-15-20(32)16-18-25-27(31)23-12-9-10-13-24(23)37-25/h5,7,9-10,12-13,15,17,19-22,29,32,35H,6,8,11,14,16,18H2,1-4H3/t20?,21-,22-,29+/m1/s1. The first-order valence-corrected chi connectivity index (χ1v) is 14.3. The zero-order valence-corrected chi connectivity index (χ0v) is 23.7. The Labute approximate surface area is 229 Å². The van der Waals surface area contributed by atoms with Gasteiger partial charge in [-0.1, -0.05) is 68.0 Å². The summed E-state index contributed by atoms with van der Waals surface area (Å²) in [5, 5.41) is 23.3. The average Bonchev–Trinajstić information content (AvgIpc) is 3.25. The van der Waals surface area contributed by atoms with Crippen LogP contribution in [-0.2, 0) is 20.7 Å². The van der Waals surface area contributed by atoms with Crippen molar-refractivity contribution in [1.29, 1.82) is 0 Å². The van der Waals surface area contributed by atoms with Crippen LogP contribution in [-0.4, -0.2) is 40.3 Å². The van der Waals surface area contributed by atoms with E-state index in [1.807, 2.05) is 56.3 Å². The van der Waals surface area contributed by atoms with Gasteiger partial charge in [-0.2, -0.15) is 0 Å². The lowest BCUT2D eigenvalue weighted by Crippen LogP contribution is -2.31. The molecule has 0 bridgehead atoms. The van der Waals surface area contributed by atoms with Crippen molar-refractivity contribution in [2.45, 2.75) is 84.5 Å². The van der Waals surface area contributed by atoms with E-state index in [4.69, 9.17) is 16.3 Å². The largest absolute Gasteiger partial charge is 0.463 e. The highest BCUT2D eigenvalue weighted by Crippen LogP contribution is 2.45. The smallest absolute Gasteiger partial charge is 0.306 e. The van der Waals surface area contributed by atoms with Crippen molar-refractivity contribution in [1.82, 2.24) is 0 Å². The number of hydrogen-bond donors (Lipinski definition) is 2. The van der Waals surface area contributed by atoms with Gasteiger partial charge in [-0.05, 0) is 52.0 Å². The van der Waals surface area contributed by atoms with E-state index >= 15 is 0 Å². The van der Waals surface area contributed by atoms with Crippen molar-refractivity contribution in [3.8, 4) is 0 Å². The SMILES string of the molecule is CC(C)OC(=O)CCCC=CC[C@H]1C(=O)C(C)(C)[C@@H](O)[C@@H]1C=CC(O)CCc1sc2ccccc2c1Cl. The molecule has 1 fully saturated rings. The third-order valence-electron chi connectivity index (χ3n) is 7.04. The monoisotopic (exact) mass is 546 g/mol. The highest BCUT2D eigenvalue weighted by atomic mass is 35.5. The Balaban J connectivity index is 1.55. The molecule has 202 valence electrons. The van der Waals surface area contributed by atoms with E-state index in [1.165, 1.54) is 0 Å². The lowest BCUT2D eigenvalue weighted by atomic mass is 9.86. The van der Waals surface area contributed by atoms with E-state index in [2.05, 4.69) is 0 Å². The van der Waals surface area contributed by atoms with Gasteiger partial charge in [0, 0.05) is 33.2 Å². The molecule has 1 aromatic heterocycles. The van der Waals surface area contributed by atoms with E-state index < -0.39 is 17.6 Å². The summed E-state index contributed by atoms with van der Waals surface area (Å²) in [6.07, 6.45) is 9.30. The Bertz CT molecular complexity index is 1130. The van der Waals surface area contributed by atoms with Gasteiger partial charge in [-0.15, -0.1) is 11.3 Å². The van der Waals surface area contributed by atoms with Crippen molar-refractivity contribution in [3.05, 3.63) is 58.5 Å². The fourth-order valence-electron chi connectivity index (χ4n) is 4.91. The number of benzene rings is 1. The van der Waals surface area contributed by atoms with Gasteiger partial charge >= 0.3 is 5.97 Å². The highest BCUT2D eigenvalue weighted by molar-refractivity contribution is 7.19. The minimum atomic E-state index is -0.844. The molecule has 0 saturated heterocycles. The summed E-state index contributed by atoms with van der Waals surface area (Å²) >= 11 is 8.18. The number of aryl methyl sites for hydroxylation is 1. The molecule has 1 unspecified atom stereocenters. The minimum absolute atomic E-state index is 0.0337. The number of hydrogen-bond acceptors (Lipinski definition) is 6. The molecule has 1 aliphatic carbocycles. The number of rotatable bonds is 12. The Hall–Kier alpha value is -1.99. The molecular formula is C30H39ClO5S. The van der Waals surface area contributed by atoms with Crippen molar-refractivity contribution < 1.29 is 24.5 Å². The molecule has 0 spiro atoms. The molecule has 0 radical (unpaired) electrons. The summed E-state index contributed by atoms with van der Waals surface area (Å²) in [6, 6.07) is 8.00. The van der Waals surface area contributed by atoms with Crippen LogP contribution in [0.25, 0.3) is 10.1 Å². The Morgan fingerprint density at radius 1 is 1.24 bits per heavy atom. The van der Waals surface area contributed by atoms with Crippen molar-refractivity contribution >= 4 is 44.8 Å². The van der Waals surface area contributed by atoms with Gasteiger partial charge in [0.15, 0.2) is 0 Å². The van der Waals surface area contributed by atoms with Crippen LogP contribution in [0.5, 0.6) is 0 Å². The maximum Gasteiger partial charge on any atom is 0.306 e. The fourth-order valence-corrected chi connectivity index (χ4v) is 6.45. The van der Waals surface area contributed by atoms with Crippen LogP contribution < -0.4 is 0 Å². The van der Waals surface area contributed by atoms with E-state index in [-0.39, 0.29) is 29.7 Å². The summed E-state index contributed by atoms with van der Waals surface area (Å²) in [5.41, 5.74) is -0.844. The first-order chi connectivity index (χ1) is 17.5. The fraction of sp³-hybridized carbons (Fsp3) is 0.533. The normalized spacial score (nSPS) is 22.6. The molecule has 1 aromatic carbocycles. The number of Topliss-reactive ketones (excluding diaryl/α,β-unsaturated/α-hetero) is 1. The van der Waals surface area contributed by atoms with Crippen LogP contribution in [0.15, 0.2) is 48.6 Å². The summed E-state index contributed by atoms with van der Waals surface area (Å²) in [7, 11) is 0. The Kier molecular flexibility index (Phi) is 10.5. The molecule has 3 rings (SSSR count).